The van der Waals surface area contributed by atoms with Crippen LogP contribution in [0.3, 0.4) is 0 Å². The third-order valence-electron chi connectivity index (χ3n) is 12.0. The van der Waals surface area contributed by atoms with E-state index in [1.54, 1.807) is 0 Å². The second-order valence-electron chi connectivity index (χ2n) is 13.2. The Labute approximate surface area is 188 Å². The zero-order valence-corrected chi connectivity index (χ0v) is 20.1. The van der Waals surface area contributed by atoms with Crippen LogP contribution in [-0.4, -0.2) is 40.9 Å². The van der Waals surface area contributed by atoms with Crippen LogP contribution in [0.1, 0.15) is 85.5 Å². The van der Waals surface area contributed by atoms with Crippen molar-refractivity contribution < 1.29 is 19.7 Å². The molecule has 176 valence electrons. The van der Waals surface area contributed by atoms with E-state index in [0.717, 1.165) is 37.7 Å². The molecule has 2 aliphatic heterocycles. The highest BCUT2D eigenvalue weighted by Gasteiger charge is 2.69. The van der Waals surface area contributed by atoms with Gasteiger partial charge in [0.1, 0.15) is 0 Å². The van der Waals surface area contributed by atoms with Gasteiger partial charge in [0.15, 0.2) is 5.79 Å². The molecule has 6 rings (SSSR count). The van der Waals surface area contributed by atoms with Gasteiger partial charge in [-0.15, -0.1) is 0 Å². The molecule has 0 bridgehead atoms. The molecule has 4 heteroatoms. The van der Waals surface area contributed by atoms with Crippen molar-refractivity contribution in [2.75, 3.05) is 6.61 Å². The molecule has 2 N–H and O–H groups in total. The molecule has 4 aliphatic carbocycles. The van der Waals surface area contributed by atoms with Crippen molar-refractivity contribution in [2.24, 2.45) is 52.3 Å². The molecule has 13 atom stereocenters. The Kier molecular flexibility index (Phi) is 4.78. The molecule has 10 unspecified atom stereocenters. The Morgan fingerprint density at radius 3 is 2.39 bits per heavy atom. The van der Waals surface area contributed by atoms with Gasteiger partial charge in [-0.25, -0.2) is 0 Å². The van der Waals surface area contributed by atoms with Crippen molar-refractivity contribution in [3.8, 4) is 0 Å². The topological polar surface area (TPSA) is 58.9 Å². The molecular formula is C27H44O4. The number of aliphatic hydroxyl groups is 2. The Hall–Kier alpha value is -0.160. The summed E-state index contributed by atoms with van der Waals surface area (Å²) in [6.45, 7) is 10.6. The molecule has 31 heavy (non-hydrogen) atoms. The second kappa shape index (κ2) is 6.93. The SMILES string of the molecule is CC1CCC2(OC1)OC1CC3C4CC[C@@H]5C[C@@H](O)[C@@H](O)CC5(C)C4CCC3(C)C1C2C. The summed E-state index contributed by atoms with van der Waals surface area (Å²) in [7, 11) is 0. The van der Waals surface area contributed by atoms with Gasteiger partial charge in [0.25, 0.3) is 0 Å². The largest absolute Gasteiger partial charge is 0.390 e. The second-order valence-corrected chi connectivity index (χ2v) is 13.2. The zero-order chi connectivity index (χ0) is 21.8. The summed E-state index contributed by atoms with van der Waals surface area (Å²) in [5.41, 5.74) is 0.550. The molecule has 4 saturated carbocycles. The van der Waals surface area contributed by atoms with E-state index in [1.165, 1.54) is 38.5 Å². The van der Waals surface area contributed by atoms with E-state index >= 15 is 0 Å². The first-order valence-electron chi connectivity index (χ1n) is 13.4. The summed E-state index contributed by atoms with van der Waals surface area (Å²) in [6, 6.07) is 0. The van der Waals surface area contributed by atoms with Crippen molar-refractivity contribution in [1.82, 2.24) is 0 Å². The van der Waals surface area contributed by atoms with Gasteiger partial charge in [0, 0.05) is 12.3 Å². The van der Waals surface area contributed by atoms with E-state index < -0.39 is 12.2 Å². The van der Waals surface area contributed by atoms with Gasteiger partial charge in [0.2, 0.25) is 0 Å². The Bertz CT molecular complexity index is 716. The third-order valence-corrected chi connectivity index (χ3v) is 12.0. The van der Waals surface area contributed by atoms with Gasteiger partial charge in [0.05, 0.1) is 24.9 Å². The fraction of sp³-hybridized carbons (Fsp3) is 1.00. The maximum Gasteiger partial charge on any atom is 0.171 e. The van der Waals surface area contributed by atoms with E-state index in [2.05, 4.69) is 27.7 Å². The van der Waals surface area contributed by atoms with Crippen molar-refractivity contribution in [3.05, 3.63) is 0 Å². The van der Waals surface area contributed by atoms with Crippen LogP contribution in [-0.2, 0) is 9.47 Å². The molecular weight excluding hydrogens is 388 g/mol. The van der Waals surface area contributed by atoms with Crippen molar-refractivity contribution in [3.63, 3.8) is 0 Å². The van der Waals surface area contributed by atoms with E-state index in [-0.39, 0.29) is 11.2 Å². The van der Waals surface area contributed by atoms with Crippen molar-refractivity contribution in [1.29, 1.82) is 0 Å². The summed E-state index contributed by atoms with van der Waals surface area (Å²) < 4.78 is 13.3. The van der Waals surface area contributed by atoms with Gasteiger partial charge in [-0.2, -0.15) is 0 Å². The molecule has 1 spiro atoms. The van der Waals surface area contributed by atoms with Crippen LogP contribution in [0.15, 0.2) is 0 Å². The maximum absolute atomic E-state index is 10.6. The minimum absolute atomic E-state index is 0.191. The number of fused-ring (bicyclic) bond motifs is 7. The Morgan fingerprint density at radius 2 is 1.65 bits per heavy atom. The molecule has 0 radical (unpaired) electrons. The summed E-state index contributed by atoms with van der Waals surface area (Å²) in [4.78, 5) is 0. The average molecular weight is 433 g/mol. The highest BCUT2D eigenvalue weighted by Crippen LogP contribution is 2.71. The fourth-order valence-corrected chi connectivity index (χ4v) is 10.3. The Morgan fingerprint density at radius 1 is 0.839 bits per heavy atom. The monoisotopic (exact) mass is 432 g/mol. The predicted molar refractivity (Wildman–Crippen MR) is 119 cm³/mol. The smallest absolute Gasteiger partial charge is 0.171 e. The van der Waals surface area contributed by atoms with Crippen molar-refractivity contribution in [2.45, 2.75) is 110 Å². The normalized spacial score (nSPS) is 63.3. The van der Waals surface area contributed by atoms with Crippen LogP contribution in [0.4, 0.5) is 0 Å². The summed E-state index contributed by atoms with van der Waals surface area (Å²) in [6.07, 6.45) is 9.51. The lowest BCUT2D eigenvalue weighted by Gasteiger charge is -2.61. The van der Waals surface area contributed by atoms with Crippen molar-refractivity contribution >= 4 is 0 Å². The quantitative estimate of drug-likeness (QED) is 0.579. The first-order valence-corrected chi connectivity index (χ1v) is 13.4. The van der Waals surface area contributed by atoms with Gasteiger partial charge >= 0.3 is 0 Å². The van der Waals surface area contributed by atoms with E-state index in [9.17, 15) is 10.2 Å². The van der Waals surface area contributed by atoms with Gasteiger partial charge in [-0.1, -0.05) is 27.7 Å². The van der Waals surface area contributed by atoms with Gasteiger partial charge in [-0.3, -0.25) is 0 Å². The van der Waals surface area contributed by atoms with Crippen LogP contribution < -0.4 is 0 Å². The minimum Gasteiger partial charge on any atom is -0.390 e. The highest BCUT2D eigenvalue weighted by atomic mass is 16.7. The molecule has 0 aromatic carbocycles. The molecule has 6 aliphatic rings. The Balaban J connectivity index is 1.26. The summed E-state index contributed by atoms with van der Waals surface area (Å²) in [5.74, 6) is 4.21. The van der Waals surface area contributed by atoms with Crippen LogP contribution >= 0.6 is 0 Å². The number of aliphatic hydroxyl groups excluding tert-OH is 2. The minimum atomic E-state index is -0.537. The lowest BCUT2D eigenvalue weighted by molar-refractivity contribution is -0.273. The van der Waals surface area contributed by atoms with E-state index in [0.29, 0.717) is 41.1 Å². The van der Waals surface area contributed by atoms with Gasteiger partial charge in [-0.05, 0) is 97.7 Å². The molecule has 2 heterocycles. The molecule has 4 nitrogen and oxygen atoms in total. The molecule has 0 amide bonds. The number of hydrogen-bond donors (Lipinski definition) is 2. The van der Waals surface area contributed by atoms with Crippen LogP contribution in [0.2, 0.25) is 0 Å². The number of ether oxygens (including phenoxy) is 2. The fourth-order valence-electron chi connectivity index (χ4n) is 10.3. The van der Waals surface area contributed by atoms with Crippen LogP contribution in [0, 0.1) is 52.3 Å². The zero-order valence-electron chi connectivity index (χ0n) is 20.1. The standard InChI is InChI=1S/C27H44O4/c1-15-7-10-27(30-14-15)16(2)24-23(31-27)12-20-18-6-5-17-11-21(28)22(29)13-26(17,4)19(18)8-9-25(20,24)3/h15-24,28-29H,5-14H2,1-4H3/t15?,16?,17-,18?,19?,20?,21-,22+,23?,24?,25?,26?,27?/m1/s1. The average Bonchev–Trinajstić information content (AvgIpc) is 3.16. The maximum atomic E-state index is 10.6. The van der Waals surface area contributed by atoms with E-state index in [4.69, 9.17) is 9.47 Å². The third kappa shape index (κ3) is 2.80. The summed E-state index contributed by atoms with van der Waals surface area (Å²) >= 11 is 0. The number of rotatable bonds is 0. The highest BCUT2D eigenvalue weighted by molar-refractivity contribution is 5.15. The molecule has 2 saturated heterocycles. The van der Waals surface area contributed by atoms with Crippen LogP contribution in [0.25, 0.3) is 0 Å². The van der Waals surface area contributed by atoms with Gasteiger partial charge < -0.3 is 19.7 Å². The lowest BCUT2D eigenvalue weighted by Crippen LogP contribution is -2.57. The van der Waals surface area contributed by atoms with Crippen LogP contribution in [0.5, 0.6) is 0 Å². The summed E-state index contributed by atoms with van der Waals surface area (Å²) in [5, 5.41) is 20.9. The van der Waals surface area contributed by atoms with E-state index in [1.807, 2.05) is 0 Å². The first kappa shape index (κ1) is 21.4. The first-order chi connectivity index (χ1) is 14.7. The lowest BCUT2D eigenvalue weighted by atomic mass is 9.44. The molecule has 6 fully saturated rings. The molecule has 0 aromatic heterocycles. The number of hydrogen-bond acceptors (Lipinski definition) is 4. The predicted octanol–water partition coefficient (Wildman–Crippen LogP) is 4.76. The molecule has 0 aromatic rings.